The van der Waals surface area contributed by atoms with Crippen molar-refractivity contribution >= 4 is 33.4 Å². The van der Waals surface area contributed by atoms with Crippen LogP contribution in [-0.2, 0) is 10.3 Å². The fraction of sp³-hybridized carbons (Fsp3) is 0.750. The van der Waals surface area contributed by atoms with Crippen molar-refractivity contribution in [1.29, 1.82) is 0 Å². The minimum absolute atomic E-state index is 0.000357. The Hall–Kier alpha value is -0.852. The number of halogens is 2. The van der Waals surface area contributed by atoms with Gasteiger partial charge in [0.05, 0.1) is 0 Å². The van der Waals surface area contributed by atoms with Crippen molar-refractivity contribution in [1.82, 2.24) is 10.2 Å². The number of benzene rings is 1. The summed E-state index contributed by atoms with van der Waals surface area (Å²) in [6, 6.07) is 4.86. The van der Waals surface area contributed by atoms with E-state index in [1.807, 2.05) is 4.90 Å². The second kappa shape index (κ2) is 15.1. The quantitative estimate of drug-likeness (QED) is 0.229. The van der Waals surface area contributed by atoms with E-state index < -0.39 is 11.4 Å². The van der Waals surface area contributed by atoms with Crippen molar-refractivity contribution < 1.29 is 24.1 Å². The summed E-state index contributed by atoms with van der Waals surface area (Å²) in [7, 11) is 1.64. The van der Waals surface area contributed by atoms with E-state index in [2.05, 4.69) is 11.0 Å². The molecule has 0 bridgehead atoms. The van der Waals surface area contributed by atoms with Gasteiger partial charge in [-0.15, -0.1) is 0 Å². The average Bonchev–Trinajstić information content (AvgIpc) is 2.89. The number of ether oxygens (including phenoxy) is 1. The Bertz CT molecular complexity index is 857. The van der Waals surface area contributed by atoms with Crippen molar-refractivity contribution in [3.8, 4) is 0 Å². The first-order chi connectivity index (χ1) is 17.8. The first kappa shape index (κ1) is 30.7. The second-order valence-electron chi connectivity index (χ2n) is 10.9. The van der Waals surface area contributed by atoms with Gasteiger partial charge >= 0.3 is 222 Å². The van der Waals surface area contributed by atoms with Gasteiger partial charge in [0.2, 0.25) is 0 Å². The molecule has 2 fully saturated rings. The Morgan fingerprint density at radius 1 is 1.30 bits per heavy atom. The van der Waals surface area contributed by atoms with Crippen LogP contribution in [0.4, 0.5) is 9.18 Å². The number of hydrogen-bond acceptors (Lipinski definition) is 4. The van der Waals surface area contributed by atoms with Gasteiger partial charge < -0.3 is 4.74 Å². The molecule has 1 aliphatic carbocycles. The maximum atomic E-state index is 15.2. The van der Waals surface area contributed by atoms with Crippen LogP contribution in [0.5, 0.6) is 0 Å². The molecule has 1 saturated heterocycles. The molecule has 1 heterocycles. The van der Waals surface area contributed by atoms with Gasteiger partial charge in [-0.1, -0.05) is 0 Å². The number of rotatable bonds is 12. The summed E-state index contributed by atoms with van der Waals surface area (Å²) in [5.74, 6) is -0.325. The maximum absolute atomic E-state index is 15.2. The number of aliphatic hydroxyl groups is 2. The van der Waals surface area contributed by atoms with E-state index in [-0.39, 0.29) is 50.4 Å². The average molecular weight is 603 g/mol. The number of piperidine rings is 1. The molecule has 0 radical (unpaired) electrons. The van der Waals surface area contributed by atoms with Crippen LogP contribution in [0.1, 0.15) is 69.8 Å². The normalized spacial score (nSPS) is 25.2. The summed E-state index contributed by atoms with van der Waals surface area (Å²) in [6.07, 6.45) is 7.82. The van der Waals surface area contributed by atoms with Crippen LogP contribution in [-0.4, -0.2) is 75.8 Å². The first-order valence-corrected chi connectivity index (χ1v) is 17.8. The number of urea groups is 1. The van der Waals surface area contributed by atoms with Gasteiger partial charge in [0.1, 0.15) is 0 Å². The van der Waals surface area contributed by atoms with E-state index in [1.54, 1.807) is 19.2 Å². The van der Waals surface area contributed by atoms with Gasteiger partial charge in [-0.05, 0) is 0 Å². The molecule has 4 atom stereocenters. The molecule has 1 aliphatic heterocycles. The minimum atomic E-state index is -1.42. The summed E-state index contributed by atoms with van der Waals surface area (Å²) < 4.78 is 20.3. The molecule has 1 unspecified atom stereocenters. The van der Waals surface area contributed by atoms with Crippen molar-refractivity contribution in [2.24, 2.45) is 11.8 Å². The number of methoxy groups -OCH3 is 1. The number of nitrogens with zero attached hydrogens (tertiary/aromatic N) is 1. The van der Waals surface area contributed by atoms with E-state index in [4.69, 9.17) is 16.3 Å². The van der Waals surface area contributed by atoms with Crippen LogP contribution in [0.2, 0.25) is 15.9 Å². The summed E-state index contributed by atoms with van der Waals surface area (Å²) in [4.78, 5) is 15.2. The Labute approximate surface area is 233 Å². The van der Waals surface area contributed by atoms with Gasteiger partial charge in [-0.3, -0.25) is 0 Å². The molecule has 6 nitrogen and oxygen atoms in total. The van der Waals surface area contributed by atoms with Crippen LogP contribution >= 0.6 is 11.6 Å². The van der Waals surface area contributed by atoms with Crippen LogP contribution in [0.3, 0.4) is 0 Å². The predicted octanol–water partition coefficient (Wildman–Crippen LogP) is 5.12. The van der Waals surface area contributed by atoms with E-state index in [9.17, 15) is 15.0 Å². The van der Waals surface area contributed by atoms with Crippen molar-refractivity contribution in [3.05, 3.63) is 34.6 Å². The van der Waals surface area contributed by atoms with Gasteiger partial charge in [0.25, 0.3) is 0 Å². The van der Waals surface area contributed by atoms with Gasteiger partial charge in [0.15, 0.2) is 0 Å². The summed E-state index contributed by atoms with van der Waals surface area (Å²) in [6.45, 7) is 1.59. The van der Waals surface area contributed by atoms with E-state index >= 15 is 4.39 Å². The third kappa shape index (κ3) is 8.57. The molecule has 1 aromatic rings. The Morgan fingerprint density at radius 2 is 2.05 bits per heavy atom. The zero-order chi connectivity index (χ0) is 26.8. The zero-order valence-corrected chi connectivity index (χ0v) is 25.2. The Balaban J connectivity index is 1.70. The van der Waals surface area contributed by atoms with Crippen LogP contribution in [0.15, 0.2) is 18.2 Å². The number of hydrogen-bond donors (Lipinski definition) is 3. The predicted molar refractivity (Wildman–Crippen MR) is 148 cm³/mol. The molecule has 210 valence electrons. The number of amides is 2. The molecule has 2 aliphatic rings. The second-order valence-corrected chi connectivity index (χ2v) is 13.6. The van der Waals surface area contributed by atoms with Crippen molar-refractivity contribution in [2.75, 3.05) is 26.8 Å². The fourth-order valence-electron chi connectivity index (χ4n) is 6.08. The van der Waals surface area contributed by atoms with Gasteiger partial charge in [-0.2, -0.15) is 0 Å². The number of carbonyl (C=O) groups is 1. The number of likely N-dealkylation sites (tertiary alicyclic amines) is 1. The standard InChI is InChI=1S/C28H45AsClFN2O4/c1-29-18-22(17-20-10-12-23(34)13-11-20)32-27(35)33-15-6-7-21(19-33)28(36,14-3-4-16-37-2)24-8-5-9-25(30)26(24)31/h5,8-9,20-23,29,34,36H,3-4,6-7,10-19H2,1-2H3,(H,32,35)/t20-,21-,22+,23-,28+/m1/s1. The number of carbonyl (C=O) groups excluding carboxylic acids is 1. The first-order valence-electron chi connectivity index (χ1n) is 13.8. The molecule has 1 aromatic carbocycles. The molecule has 2 amide bonds. The third-order valence-corrected chi connectivity index (χ3v) is 10.4. The van der Waals surface area contributed by atoms with Crippen molar-refractivity contribution in [2.45, 2.75) is 92.9 Å². The molecule has 0 aromatic heterocycles. The van der Waals surface area contributed by atoms with Gasteiger partial charge in [0, 0.05) is 7.11 Å². The Morgan fingerprint density at radius 3 is 2.76 bits per heavy atom. The fourth-order valence-corrected chi connectivity index (χ4v) is 7.85. The van der Waals surface area contributed by atoms with E-state index in [0.717, 1.165) is 50.2 Å². The SMILES string of the molecule is COCCCC[C@@](O)(c1cccc(Cl)c1F)[C@@H]1CCCN(C(=O)N[C@H](C[AsH]C)C[C@H]2CC[C@H](O)CC2)C1. The number of unbranched alkanes of at least 4 members (excludes halogenated alkanes) is 1. The van der Waals surface area contributed by atoms with Crippen LogP contribution in [0.25, 0.3) is 0 Å². The third-order valence-electron chi connectivity index (χ3n) is 8.17. The zero-order valence-electron chi connectivity index (χ0n) is 22.4. The number of nitrogens with one attached hydrogen (secondary N) is 1. The van der Waals surface area contributed by atoms with Gasteiger partial charge in [-0.25, -0.2) is 0 Å². The summed E-state index contributed by atoms with van der Waals surface area (Å²) in [5.41, 5.74) is 1.06. The van der Waals surface area contributed by atoms with E-state index in [0.29, 0.717) is 44.9 Å². The summed E-state index contributed by atoms with van der Waals surface area (Å²) >= 11 is 5.99. The van der Waals surface area contributed by atoms with E-state index in [1.165, 1.54) is 6.07 Å². The van der Waals surface area contributed by atoms with Crippen molar-refractivity contribution in [3.63, 3.8) is 0 Å². The molecule has 9 heteroatoms. The summed E-state index contributed by atoms with van der Waals surface area (Å²) in [5, 5.41) is 26.2. The molecule has 3 rings (SSSR count). The number of aliphatic hydroxyl groups excluding tert-OH is 1. The Kier molecular flexibility index (Phi) is 12.5. The van der Waals surface area contributed by atoms with Crippen LogP contribution in [0, 0.1) is 17.7 Å². The monoisotopic (exact) mass is 602 g/mol. The van der Waals surface area contributed by atoms with Crippen LogP contribution < -0.4 is 5.32 Å². The molecule has 0 spiro atoms. The molecule has 3 N–H and O–H groups in total. The molecular weight excluding hydrogens is 558 g/mol. The molecule has 1 saturated carbocycles. The molecular formula is C28H45AsClFN2O4. The molecule has 37 heavy (non-hydrogen) atoms. The topological polar surface area (TPSA) is 82.0 Å².